The number of carbonyl (C=O) groups is 1. The molecule has 2 aliphatic heterocycles. The van der Waals surface area contributed by atoms with Crippen molar-refractivity contribution in [2.75, 3.05) is 18.5 Å². The Morgan fingerprint density at radius 3 is 2.58 bits per heavy atom. The maximum atomic E-state index is 12.4. The number of hydrogen-bond donors (Lipinski definition) is 2. The van der Waals surface area contributed by atoms with E-state index in [-0.39, 0.29) is 11.5 Å². The maximum Gasteiger partial charge on any atom is 0.258 e. The highest BCUT2D eigenvalue weighted by molar-refractivity contribution is 6.03. The second kappa shape index (κ2) is 6.14. The van der Waals surface area contributed by atoms with Crippen LogP contribution < -0.4 is 10.6 Å². The average Bonchev–Trinajstić information content (AvgIpc) is 3.35. The van der Waals surface area contributed by atoms with Crippen LogP contribution >= 0.6 is 0 Å². The lowest BCUT2D eigenvalue weighted by atomic mass is 9.93. The Bertz CT molecular complexity index is 807. The molecule has 3 fully saturated rings. The van der Waals surface area contributed by atoms with Crippen molar-refractivity contribution in [3.8, 4) is 0 Å². The minimum absolute atomic E-state index is 0.0456. The van der Waals surface area contributed by atoms with Gasteiger partial charge in [0.05, 0.1) is 17.8 Å². The van der Waals surface area contributed by atoms with E-state index in [1.807, 2.05) is 12.1 Å². The van der Waals surface area contributed by atoms with Gasteiger partial charge in [0.25, 0.3) is 5.91 Å². The number of aromatic nitrogens is 2. The van der Waals surface area contributed by atoms with Crippen LogP contribution in [-0.2, 0) is 11.2 Å². The molecule has 5 rings (SSSR count). The number of fused-ring (bicyclic) bond motifs is 2. The summed E-state index contributed by atoms with van der Waals surface area (Å²) in [7, 11) is 0. The molecular formula is C20H22N4O2. The number of ether oxygens (including phenoxy) is 1. The first-order chi connectivity index (χ1) is 12.7. The molecule has 1 aliphatic carbocycles. The zero-order chi connectivity index (χ0) is 17.6. The molecule has 0 spiro atoms. The van der Waals surface area contributed by atoms with Gasteiger partial charge in [0.2, 0.25) is 0 Å². The molecule has 2 bridgehead atoms. The molecule has 2 aromatic rings. The van der Waals surface area contributed by atoms with Gasteiger partial charge in [0.15, 0.2) is 0 Å². The Hall–Kier alpha value is -2.31. The van der Waals surface area contributed by atoms with Gasteiger partial charge in [0.1, 0.15) is 5.82 Å². The van der Waals surface area contributed by atoms with E-state index in [9.17, 15) is 4.79 Å². The molecule has 2 saturated heterocycles. The Kier molecular flexibility index (Phi) is 3.76. The third-order valence-electron chi connectivity index (χ3n) is 5.54. The fourth-order valence-electron chi connectivity index (χ4n) is 3.90. The molecule has 1 aromatic heterocycles. The van der Waals surface area contributed by atoms with Crippen LogP contribution in [0.2, 0.25) is 0 Å². The number of nitrogens with one attached hydrogen (secondary N) is 2. The summed E-state index contributed by atoms with van der Waals surface area (Å²) in [5.74, 6) is 1.16. The first kappa shape index (κ1) is 15.9. The molecule has 6 heteroatoms. The van der Waals surface area contributed by atoms with Crippen molar-refractivity contribution in [3.05, 3.63) is 53.6 Å². The number of morpholine rings is 1. The van der Waals surface area contributed by atoms with Crippen molar-refractivity contribution in [2.45, 2.75) is 43.2 Å². The van der Waals surface area contributed by atoms with Crippen LogP contribution in [0.3, 0.4) is 0 Å². The van der Waals surface area contributed by atoms with Gasteiger partial charge in [-0.15, -0.1) is 0 Å². The molecule has 1 saturated carbocycles. The van der Waals surface area contributed by atoms with Crippen molar-refractivity contribution in [3.63, 3.8) is 0 Å². The number of benzene rings is 1. The van der Waals surface area contributed by atoms with Crippen molar-refractivity contribution in [1.82, 2.24) is 15.3 Å². The largest absolute Gasteiger partial charge is 0.372 e. The van der Waals surface area contributed by atoms with Gasteiger partial charge in [-0.05, 0) is 37.0 Å². The van der Waals surface area contributed by atoms with Crippen molar-refractivity contribution in [2.24, 2.45) is 0 Å². The zero-order valence-electron chi connectivity index (χ0n) is 14.6. The summed E-state index contributed by atoms with van der Waals surface area (Å²) in [4.78, 5) is 21.0. The van der Waals surface area contributed by atoms with Gasteiger partial charge in [-0.1, -0.05) is 12.1 Å². The number of rotatable bonds is 5. The SMILES string of the molecule is O=C(Nc1ccc(C[C@@]23CN[C@@H](CO2)C3)cc1)c1cnc(C2CC2)nc1. The lowest BCUT2D eigenvalue weighted by molar-refractivity contribution is -0.00521. The van der Waals surface area contributed by atoms with E-state index < -0.39 is 0 Å². The monoisotopic (exact) mass is 350 g/mol. The molecule has 1 amide bonds. The van der Waals surface area contributed by atoms with Crippen LogP contribution in [0, 0.1) is 0 Å². The molecule has 2 N–H and O–H groups in total. The zero-order valence-corrected chi connectivity index (χ0v) is 14.6. The normalized spacial score (nSPS) is 26.8. The lowest BCUT2D eigenvalue weighted by Gasteiger charge is -2.26. The third kappa shape index (κ3) is 3.10. The first-order valence-corrected chi connectivity index (χ1v) is 9.29. The Balaban J connectivity index is 1.22. The second-order valence-corrected chi connectivity index (χ2v) is 7.71. The second-order valence-electron chi connectivity index (χ2n) is 7.71. The topological polar surface area (TPSA) is 76.1 Å². The van der Waals surface area contributed by atoms with Crippen LogP contribution in [0.5, 0.6) is 0 Å². The van der Waals surface area contributed by atoms with Crippen LogP contribution in [0.25, 0.3) is 0 Å². The van der Waals surface area contributed by atoms with Gasteiger partial charge in [-0.25, -0.2) is 9.97 Å². The molecule has 3 aliphatic rings. The van der Waals surface area contributed by atoms with Crippen molar-refractivity contribution >= 4 is 11.6 Å². The van der Waals surface area contributed by atoms with E-state index in [0.717, 1.165) is 50.3 Å². The quantitative estimate of drug-likeness (QED) is 0.865. The Morgan fingerprint density at radius 1 is 1.23 bits per heavy atom. The Labute approximate surface area is 152 Å². The van der Waals surface area contributed by atoms with Gasteiger partial charge < -0.3 is 15.4 Å². The number of anilines is 1. The standard InChI is InChI=1S/C20H22N4O2/c25-19(15-9-21-18(22-10-15)14-3-4-14)24-16-5-1-13(2-6-16)7-20-8-17(11-26-20)23-12-20/h1-2,5-6,9-10,14,17,23H,3-4,7-8,11-12H2,(H,24,25)/t17-,20-/m1/s1. The summed E-state index contributed by atoms with van der Waals surface area (Å²) in [6, 6.07) is 8.52. The van der Waals surface area contributed by atoms with E-state index >= 15 is 0 Å². The molecule has 2 atom stereocenters. The van der Waals surface area contributed by atoms with Crippen LogP contribution in [0.1, 0.15) is 46.9 Å². The average molecular weight is 350 g/mol. The number of hydrogen-bond acceptors (Lipinski definition) is 5. The number of amides is 1. The molecule has 6 nitrogen and oxygen atoms in total. The molecular weight excluding hydrogens is 328 g/mol. The van der Waals surface area contributed by atoms with Gasteiger partial charge in [-0.3, -0.25) is 4.79 Å². The maximum absolute atomic E-state index is 12.4. The van der Waals surface area contributed by atoms with Crippen LogP contribution in [0.15, 0.2) is 36.7 Å². The van der Waals surface area contributed by atoms with E-state index in [1.165, 1.54) is 5.56 Å². The predicted molar refractivity (Wildman–Crippen MR) is 97.2 cm³/mol. The van der Waals surface area contributed by atoms with Crippen LogP contribution in [-0.4, -0.2) is 40.7 Å². The summed E-state index contributed by atoms with van der Waals surface area (Å²) in [6.07, 6.45) is 7.53. The summed E-state index contributed by atoms with van der Waals surface area (Å²) in [6.45, 7) is 1.74. The fourth-order valence-corrected chi connectivity index (χ4v) is 3.90. The van der Waals surface area contributed by atoms with Crippen LogP contribution in [0.4, 0.5) is 5.69 Å². The fraction of sp³-hybridized carbons (Fsp3) is 0.450. The van der Waals surface area contributed by atoms with Crippen molar-refractivity contribution in [1.29, 1.82) is 0 Å². The van der Waals surface area contributed by atoms with Gasteiger partial charge in [-0.2, -0.15) is 0 Å². The molecule has 1 aromatic carbocycles. The highest BCUT2D eigenvalue weighted by Gasteiger charge is 2.45. The molecule has 0 unspecified atom stereocenters. The molecule has 0 radical (unpaired) electrons. The lowest BCUT2D eigenvalue weighted by Crippen LogP contribution is -2.40. The highest BCUT2D eigenvalue weighted by Crippen LogP contribution is 2.37. The predicted octanol–water partition coefficient (Wildman–Crippen LogP) is 2.28. The minimum Gasteiger partial charge on any atom is -0.372 e. The summed E-state index contributed by atoms with van der Waals surface area (Å²) in [5, 5.41) is 6.41. The summed E-state index contributed by atoms with van der Waals surface area (Å²) >= 11 is 0. The minimum atomic E-state index is -0.180. The molecule has 3 heterocycles. The van der Waals surface area contributed by atoms with E-state index in [0.29, 0.717) is 17.5 Å². The number of carbonyl (C=O) groups excluding carboxylic acids is 1. The van der Waals surface area contributed by atoms with Gasteiger partial charge in [0, 0.05) is 43.0 Å². The number of nitrogens with zero attached hydrogens (tertiary/aromatic N) is 2. The Morgan fingerprint density at radius 2 is 2.00 bits per heavy atom. The first-order valence-electron chi connectivity index (χ1n) is 9.29. The molecule has 134 valence electrons. The van der Waals surface area contributed by atoms with Crippen molar-refractivity contribution < 1.29 is 9.53 Å². The van der Waals surface area contributed by atoms with E-state index in [4.69, 9.17) is 4.74 Å². The summed E-state index contributed by atoms with van der Waals surface area (Å²) in [5.41, 5.74) is 2.44. The van der Waals surface area contributed by atoms with Gasteiger partial charge >= 0.3 is 0 Å². The third-order valence-corrected chi connectivity index (χ3v) is 5.54. The van der Waals surface area contributed by atoms with E-state index in [2.05, 4.69) is 32.7 Å². The summed E-state index contributed by atoms with van der Waals surface area (Å²) < 4.78 is 5.98. The van der Waals surface area contributed by atoms with E-state index in [1.54, 1.807) is 12.4 Å². The molecule has 26 heavy (non-hydrogen) atoms. The highest BCUT2D eigenvalue weighted by atomic mass is 16.5. The smallest absolute Gasteiger partial charge is 0.258 e.